The number of morpholine rings is 1. The molecule has 0 bridgehead atoms. The number of fused-ring (bicyclic) bond motifs is 3. The number of nitriles is 1. The number of likely N-dealkylation sites (N-methyl/N-ethyl adjacent to an activating group) is 1. The molecule has 0 unspecified atom stereocenters. The molecule has 1 fully saturated rings. The molecule has 0 saturated carbocycles. The predicted molar refractivity (Wildman–Crippen MR) is 96.6 cm³/mol. The van der Waals surface area contributed by atoms with Crippen molar-refractivity contribution < 1.29 is 4.74 Å². The van der Waals surface area contributed by atoms with Gasteiger partial charge in [-0.1, -0.05) is 0 Å². The van der Waals surface area contributed by atoms with E-state index in [1.165, 1.54) is 0 Å². The van der Waals surface area contributed by atoms with Crippen molar-refractivity contribution in [2.24, 2.45) is 0 Å². The summed E-state index contributed by atoms with van der Waals surface area (Å²) >= 11 is 0. The molecule has 25 heavy (non-hydrogen) atoms. The van der Waals surface area contributed by atoms with E-state index in [0.717, 1.165) is 47.3 Å². The maximum Gasteiger partial charge on any atom is 0.141 e. The molecule has 4 rings (SSSR count). The van der Waals surface area contributed by atoms with Crippen molar-refractivity contribution in [3.8, 4) is 6.07 Å². The highest BCUT2D eigenvalue weighted by atomic mass is 16.5. The van der Waals surface area contributed by atoms with Crippen LogP contribution in [0, 0.1) is 11.3 Å². The van der Waals surface area contributed by atoms with Crippen molar-refractivity contribution >= 4 is 27.6 Å². The van der Waals surface area contributed by atoms with Gasteiger partial charge in [-0.25, -0.2) is 9.97 Å². The van der Waals surface area contributed by atoms with Crippen molar-refractivity contribution in [3.63, 3.8) is 0 Å². The van der Waals surface area contributed by atoms with Crippen LogP contribution in [0.2, 0.25) is 0 Å². The summed E-state index contributed by atoms with van der Waals surface area (Å²) in [6, 6.07) is 5.99. The third-order valence-corrected chi connectivity index (χ3v) is 4.52. The summed E-state index contributed by atoms with van der Waals surface area (Å²) in [6.07, 6.45) is 3.70. The minimum absolute atomic E-state index is 0.175. The second kappa shape index (κ2) is 6.31. The summed E-state index contributed by atoms with van der Waals surface area (Å²) in [5.41, 5.74) is 3.25. The maximum atomic E-state index is 9.17. The number of hydrogen-bond acceptors (Lipinski definition) is 6. The van der Waals surface area contributed by atoms with Gasteiger partial charge in [0, 0.05) is 31.2 Å². The molecule has 7 heteroatoms. The summed E-state index contributed by atoms with van der Waals surface area (Å²) in [5, 5.41) is 11.2. The molecule has 0 amide bonds. The van der Waals surface area contributed by atoms with Gasteiger partial charge in [-0.15, -0.1) is 0 Å². The summed E-state index contributed by atoms with van der Waals surface area (Å²) in [5.74, 6) is 0. The Morgan fingerprint density at radius 2 is 2.32 bits per heavy atom. The number of anilines is 1. The first kappa shape index (κ1) is 15.8. The molecule has 0 aliphatic carbocycles. The molecular formula is C18H20N6O. The number of H-pyrrole nitrogens is 1. The lowest BCUT2D eigenvalue weighted by Gasteiger charge is -2.36. The molecule has 1 saturated heterocycles. The van der Waals surface area contributed by atoms with Gasteiger partial charge in [-0.3, -0.25) is 0 Å². The van der Waals surface area contributed by atoms with Crippen LogP contribution < -0.4 is 4.90 Å². The van der Waals surface area contributed by atoms with E-state index in [-0.39, 0.29) is 6.10 Å². The standard InChI is InChI=1S/C18H20N6O/c1-23(2)10-13-11-24(5-6-25-13)16-3-4-20-18-17(16)14-7-12(8-19)21-9-15(14)22-18/h3-4,7,9,13H,5-6,10-11H2,1-2H3,(H,20,22)/t13-/m1/s1. The average Bonchev–Trinajstić information content (AvgIpc) is 2.99. The Kier molecular flexibility index (Phi) is 3.99. The summed E-state index contributed by atoms with van der Waals surface area (Å²) in [4.78, 5) is 16.4. The molecular weight excluding hydrogens is 316 g/mol. The van der Waals surface area contributed by atoms with Gasteiger partial charge in [0.15, 0.2) is 0 Å². The Bertz CT molecular complexity index is 957. The summed E-state index contributed by atoms with van der Waals surface area (Å²) < 4.78 is 5.90. The van der Waals surface area contributed by atoms with Gasteiger partial charge in [0.1, 0.15) is 17.4 Å². The number of pyridine rings is 2. The fourth-order valence-corrected chi connectivity index (χ4v) is 3.48. The van der Waals surface area contributed by atoms with Crippen LogP contribution in [0.15, 0.2) is 24.5 Å². The van der Waals surface area contributed by atoms with Crippen LogP contribution in [0.3, 0.4) is 0 Å². The third-order valence-electron chi connectivity index (χ3n) is 4.52. The van der Waals surface area contributed by atoms with Crippen LogP contribution >= 0.6 is 0 Å². The SMILES string of the molecule is CN(C)C[C@@H]1CN(c2ccnc3[nH]c4cnc(C#N)cc4c23)CCO1. The normalized spacial score (nSPS) is 18.2. The number of nitrogens with one attached hydrogen (secondary N) is 1. The van der Waals surface area contributed by atoms with E-state index in [0.29, 0.717) is 12.3 Å². The van der Waals surface area contributed by atoms with Gasteiger partial charge in [-0.05, 0) is 26.2 Å². The van der Waals surface area contributed by atoms with Crippen LogP contribution in [0.4, 0.5) is 5.69 Å². The second-order valence-corrected chi connectivity index (χ2v) is 6.61. The Hall–Kier alpha value is -2.69. The molecule has 1 atom stereocenters. The van der Waals surface area contributed by atoms with E-state index >= 15 is 0 Å². The largest absolute Gasteiger partial charge is 0.373 e. The summed E-state index contributed by atoms with van der Waals surface area (Å²) in [7, 11) is 4.12. The van der Waals surface area contributed by atoms with Gasteiger partial charge in [-0.2, -0.15) is 5.26 Å². The minimum Gasteiger partial charge on any atom is -0.373 e. The first-order valence-corrected chi connectivity index (χ1v) is 8.33. The van der Waals surface area contributed by atoms with Crippen LogP contribution in [-0.4, -0.2) is 66.3 Å². The van der Waals surface area contributed by atoms with Crippen molar-refractivity contribution in [2.45, 2.75) is 6.10 Å². The van der Waals surface area contributed by atoms with Crippen molar-refractivity contribution in [3.05, 3.63) is 30.2 Å². The number of rotatable bonds is 3. The molecule has 1 N–H and O–H groups in total. The predicted octanol–water partition coefficient (Wildman–Crippen LogP) is 1.75. The zero-order chi connectivity index (χ0) is 17.4. The number of hydrogen-bond donors (Lipinski definition) is 1. The number of aromatic nitrogens is 3. The van der Waals surface area contributed by atoms with E-state index in [9.17, 15) is 5.26 Å². The number of nitrogens with zero attached hydrogens (tertiary/aromatic N) is 5. The average molecular weight is 336 g/mol. The molecule has 1 aliphatic rings. The third kappa shape index (κ3) is 2.90. The lowest BCUT2D eigenvalue weighted by atomic mass is 10.1. The van der Waals surface area contributed by atoms with Crippen molar-refractivity contribution in [2.75, 3.05) is 45.2 Å². The van der Waals surface area contributed by atoms with Crippen LogP contribution in [-0.2, 0) is 4.74 Å². The molecule has 0 radical (unpaired) electrons. The Morgan fingerprint density at radius 1 is 1.44 bits per heavy atom. The smallest absolute Gasteiger partial charge is 0.141 e. The molecule has 128 valence electrons. The number of ether oxygens (including phenoxy) is 1. The van der Waals surface area contributed by atoms with Gasteiger partial charge in [0.05, 0.1) is 35.5 Å². The van der Waals surface area contributed by atoms with Crippen LogP contribution in [0.25, 0.3) is 21.9 Å². The molecule has 3 aromatic heterocycles. The van der Waals surface area contributed by atoms with Gasteiger partial charge in [0.2, 0.25) is 0 Å². The Labute approximate surface area is 145 Å². The fourth-order valence-electron chi connectivity index (χ4n) is 3.48. The van der Waals surface area contributed by atoms with Crippen LogP contribution in [0.5, 0.6) is 0 Å². The Balaban J connectivity index is 1.80. The van der Waals surface area contributed by atoms with E-state index < -0.39 is 0 Å². The molecule has 0 spiro atoms. The van der Waals surface area contributed by atoms with E-state index in [1.807, 2.05) is 18.3 Å². The highest BCUT2D eigenvalue weighted by Gasteiger charge is 2.23. The first-order chi connectivity index (χ1) is 12.2. The molecule has 7 nitrogen and oxygen atoms in total. The highest BCUT2D eigenvalue weighted by molar-refractivity contribution is 6.12. The monoisotopic (exact) mass is 336 g/mol. The van der Waals surface area contributed by atoms with Crippen LogP contribution in [0.1, 0.15) is 5.69 Å². The molecule has 0 aromatic carbocycles. The van der Waals surface area contributed by atoms with Gasteiger partial charge >= 0.3 is 0 Å². The second-order valence-electron chi connectivity index (χ2n) is 6.61. The maximum absolute atomic E-state index is 9.17. The van der Waals surface area contributed by atoms with Gasteiger partial charge < -0.3 is 19.5 Å². The zero-order valence-corrected chi connectivity index (χ0v) is 14.4. The number of aromatic amines is 1. The molecule has 4 heterocycles. The van der Waals surface area contributed by atoms with E-state index in [4.69, 9.17) is 4.74 Å². The summed E-state index contributed by atoms with van der Waals surface area (Å²) in [6.45, 7) is 3.27. The lowest BCUT2D eigenvalue weighted by molar-refractivity contribution is 0.0248. The van der Waals surface area contributed by atoms with Crippen molar-refractivity contribution in [1.82, 2.24) is 19.9 Å². The Morgan fingerprint density at radius 3 is 3.12 bits per heavy atom. The van der Waals surface area contributed by atoms with E-state index in [2.05, 4.69) is 44.9 Å². The lowest BCUT2D eigenvalue weighted by Crippen LogP contribution is -2.46. The minimum atomic E-state index is 0.175. The van der Waals surface area contributed by atoms with Gasteiger partial charge in [0.25, 0.3) is 0 Å². The topological polar surface area (TPSA) is 81.1 Å². The fraction of sp³-hybridized carbons (Fsp3) is 0.389. The van der Waals surface area contributed by atoms with E-state index in [1.54, 1.807) is 6.20 Å². The first-order valence-electron chi connectivity index (χ1n) is 8.33. The highest BCUT2D eigenvalue weighted by Crippen LogP contribution is 2.33. The molecule has 3 aromatic rings. The van der Waals surface area contributed by atoms with Crippen molar-refractivity contribution in [1.29, 1.82) is 5.26 Å². The zero-order valence-electron chi connectivity index (χ0n) is 14.4. The quantitative estimate of drug-likeness (QED) is 0.785. The molecule has 1 aliphatic heterocycles.